The van der Waals surface area contributed by atoms with Crippen LogP contribution in [0.2, 0.25) is 0 Å². The molecule has 6 heteroatoms. The maximum absolute atomic E-state index is 7.57. The minimum absolute atomic E-state index is 0.543. The molecule has 0 amide bonds. The van der Waals surface area contributed by atoms with Crippen LogP contribution in [0.3, 0.4) is 0 Å². The standard InChI is InChI=1S/C63H39N5O/c1-5-18-40(19-6-1)44-32-34-48-46-26-13-15-29-53(46)67(56(48)38-44)55-31-17-28-50-51-36-37-52(63-65-61(42-22-9-3-10-23-42)64-62(66-63)43-24-11-4-12-25-43)58(60(51)69-59(50)55)68-54-30-16-14-27-47(54)49-35-33-45(39-57(49)68)41-20-7-2-8-21-41/h1-39H. The summed E-state index contributed by atoms with van der Waals surface area (Å²) in [4.78, 5) is 15.8. The van der Waals surface area contributed by atoms with E-state index in [9.17, 15) is 0 Å². The molecule has 10 aromatic carbocycles. The van der Waals surface area contributed by atoms with Crippen LogP contribution in [-0.4, -0.2) is 24.1 Å². The molecule has 4 aromatic heterocycles. The largest absolute Gasteiger partial charge is 0.452 e. The number of hydrogen-bond acceptors (Lipinski definition) is 4. The molecule has 0 bridgehead atoms. The van der Waals surface area contributed by atoms with Crippen LogP contribution in [-0.2, 0) is 0 Å². The molecule has 14 aromatic rings. The fourth-order valence-corrected chi connectivity index (χ4v) is 10.4. The average Bonchev–Trinajstić information content (AvgIpc) is 4.09. The van der Waals surface area contributed by atoms with Gasteiger partial charge >= 0.3 is 0 Å². The van der Waals surface area contributed by atoms with Gasteiger partial charge in [-0.3, -0.25) is 0 Å². The molecule has 0 aliphatic rings. The monoisotopic (exact) mass is 881 g/mol. The molecule has 322 valence electrons. The topological polar surface area (TPSA) is 61.7 Å². The summed E-state index contributed by atoms with van der Waals surface area (Å²) in [6.45, 7) is 0. The molecule has 0 spiro atoms. The van der Waals surface area contributed by atoms with E-state index >= 15 is 0 Å². The highest BCUT2D eigenvalue weighted by Gasteiger charge is 2.26. The van der Waals surface area contributed by atoms with E-state index in [2.05, 4.69) is 185 Å². The Kier molecular flexibility index (Phi) is 8.79. The Hall–Kier alpha value is -9.39. The van der Waals surface area contributed by atoms with E-state index in [1.807, 2.05) is 60.7 Å². The van der Waals surface area contributed by atoms with Crippen molar-refractivity contribution in [1.29, 1.82) is 0 Å². The van der Waals surface area contributed by atoms with Crippen molar-refractivity contribution in [2.24, 2.45) is 0 Å². The molecule has 0 aliphatic heterocycles. The number of aromatic nitrogens is 5. The van der Waals surface area contributed by atoms with Gasteiger partial charge in [-0.05, 0) is 64.7 Å². The van der Waals surface area contributed by atoms with Crippen LogP contribution in [0.1, 0.15) is 0 Å². The molecule has 0 saturated heterocycles. The Bertz CT molecular complexity index is 4230. The third kappa shape index (κ3) is 6.23. The highest BCUT2D eigenvalue weighted by Crippen LogP contribution is 2.45. The Morgan fingerprint density at radius 3 is 1.26 bits per heavy atom. The molecule has 0 aliphatic carbocycles. The zero-order valence-corrected chi connectivity index (χ0v) is 37.2. The molecular weight excluding hydrogens is 843 g/mol. The average molecular weight is 882 g/mol. The summed E-state index contributed by atoms with van der Waals surface area (Å²) in [5.74, 6) is 1.72. The molecule has 14 rings (SSSR count). The van der Waals surface area contributed by atoms with Crippen molar-refractivity contribution < 1.29 is 4.42 Å². The second-order valence-electron chi connectivity index (χ2n) is 17.5. The van der Waals surface area contributed by atoms with Crippen LogP contribution in [0.5, 0.6) is 0 Å². The van der Waals surface area contributed by atoms with Crippen molar-refractivity contribution in [3.8, 4) is 67.8 Å². The number of fused-ring (bicyclic) bond motifs is 9. The summed E-state index contributed by atoms with van der Waals surface area (Å²) in [6.07, 6.45) is 0. The molecule has 0 radical (unpaired) electrons. The van der Waals surface area contributed by atoms with Gasteiger partial charge in [0.2, 0.25) is 0 Å². The zero-order chi connectivity index (χ0) is 45.4. The maximum atomic E-state index is 7.57. The zero-order valence-electron chi connectivity index (χ0n) is 37.2. The molecular formula is C63H39N5O. The minimum atomic E-state index is 0.543. The van der Waals surface area contributed by atoms with Gasteiger partial charge in [-0.25, -0.2) is 15.0 Å². The third-order valence-electron chi connectivity index (χ3n) is 13.6. The van der Waals surface area contributed by atoms with E-state index in [0.29, 0.717) is 17.5 Å². The van der Waals surface area contributed by atoms with Crippen molar-refractivity contribution in [3.05, 3.63) is 237 Å². The van der Waals surface area contributed by atoms with Crippen molar-refractivity contribution >= 4 is 65.6 Å². The number of benzene rings is 10. The molecule has 6 nitrogen and oxygen atoms in total. The van der Waals surface area contributed by atoms with E-state index in [-0.39, 0.29) is 0 Å². The normalized spacial score (nSPS) is 11.8. The number of nitrogens with zero attached hydrogens (tertiary/aromatic N) is 5. The molecule has 4 heterocycles. The van der Waals surface area contributed by atoms with E-state index < -0.39 is 0 Å². The molecule has 0 N–H and O–H groups in total. The number of rotatable bonds is 7. The lowest BCUT2D eigenvalue weighted by molar-refractivity contribution is 0.664. The first-order chi connectivity index (χ1) is 34.2. The number of para-hydroxylation sites is 3. The Labute approximate surface area is 396 Å². The van der Waals surface area contributed by atoms with Gasteiger partial charge in [0.1, 0.15) is 5.69 Å². The van der Waals surface area contributed by atoms with Crippen molar-refractivity contribution in [1.82, 2.24) is 24.1 Å². The summed E-state index contributed by atoms with van der Waals surface area (Å²) in [6, 6.07) is 83.2. The van der Waals surface area contributed by atoms with Gasteiger partial charge in [-0.1, -0.05) is 194 Å². The van der Waals surface area contributed by atoms with Gasteiger partial charge in [0.15, 0.2) is 28.6 Å². The lowest BCUT2D eigenvalue weighted by atomic mass is 10.0. The summed E-state index contributed by atoms with van der Waals surface area (Å²) in [5, 5.41) is 6.63. The molecule has 0 fully saturated rings. The number of furan rings is 1. The van der Waals surface area contributed by atoms with Crippen LogP contribution < -0.4 is 0 Å². The molecule has 0 saturated carbocycles. The SMILES string of the molecule is c1ccc(-c2ccc3c4ccccc4n(-c4cccc5c4oc4c(-n6c7ccccc7c7ccc(-c8ccccc8)cc76)c(-c6nc(-c7ccccc7)nc(-c7ccccc7)n6)ccc45)c3c2)cc1. The smallest absolute Gasteiger partial charge is 0.166 e. The highest BCUT2D eigenvalue weighted by molar-refractivity contribution is 6.17. The second-order valence-corrected chi connectivity index (χ2v) is 17.5. The quantitative estimate of drug-likeness (QED) is 0.160. The summed E-state index contributed by atoms with van der Waals surface area (Å²) in [7, 11) is 0. The van der Waals surface area contributed by atoms with Crippen LogP contribution in [0.15, 0.2) is 241 Å². The Balaban J connectivity index is 1.11. The lowest BCUT2D eigenvalue weighted by Crippen LogP contribution is -2.04. The van der Waals surface area contributed by atoms with Crippen molar-refractivity contribution in [2.75, 3.05) is 0 Å². The Morgan fingerprint density at radius 1 is 0.275 bits per heavy atom. The summed E-state index contributed by atoms with van der Waals surface area (Å²) < 4.78 is 12.3. The van der Waals surface area contributed by atoms with Crippen LogP contribution in [0.4, 0.5) is 0 Å². The predicted molar refractivity (Wildman–Crippen MR) is 283 cm³/mol. The first kappa shape index (κ1) is 38.8. The van der Waals surface area contributed by atoms with Gasteiger partial charge in [-0.2, -0.15) is 0 Å². The van der Waals surface area contributed by atoms with Crippen LogP contribution in [0, 0.1) is 0 Å². The summed E-state index contributed by atoms with van der Waals surface area (Å²) in [5.41, 5.74) is 14.8. The van der Waals surface area contributed by atoms with E-state index in [1.165, 1.54) is 16.3 Å². The minimum Gasteiger partial charge on any atom is -0.452 e. The van der Waals surface area contributed by atoms with Gasteiger partial charge < -0.3 is 13.6 Å². The predicted octanol–water partition coefficient (Wildman–Crippen LogP) is 16.3. The van der Waals surface area contributed by atoms with Crippen LogP contribution in [0.25, 0.3) is 133 Å². The molecule has 69 heavy (non-hydrogen) atoms. The highest BCUT2D eigenvalue weighted by atomic mass is 16.3. The molecule has 0 atom stereocenters. The fraction of sp³-hybridized carbons (Fsp3) is 0. The third-order valence-corrected chi connectivity index (χ3v) is 13.6. The van der Waals surface area contributed by atoms with Gasteiger partial charge in [0, 0.05) is 49.0 Å². The maximum Gasteiger partial charge on any atom is 0.166 e. The lowest BCUT2D eigenvalue weighted by Gasteiger charge is -2.15. The first-order valence-corrected chi connectivity index (χ1v) is 23.3. The van der Waals surface area contributed by atoms with Gasteiger partial charge in [0.05, 0.1) is 27.8 Å². The van der Waals surface area contributed by atoms with Gasteiger partial charge in [-0.15, -0.1) is 0 Å². The first-order valence-electron chi connectivity index (χ1n) is 23.3. The van der Waals surface area contributed by atoms with Crippen molar-refractivity contribution in [3.63, 3.8) is 0 Å². The Morgan fingerprint density at radius 2 is 0.696 bits per heavy atom. The van der Waals surface area contributed by atoms with E-state index in [1.54, 1.807) is 0 Å². The molecule has 0 unspecified atom stereocenters. The van der Waals surface area contributed by atoms with Crippen LogP contribution >= 0.6 is 0 Å². The fourth-order valence-electron chi connectivity index (χ4n) is 10.4. The van der Waals surface area contributed by atoms with E-state index in [0.717, 1.165) is 99.5 Å². The van der Waals surface area contributed by atoms with E-state index in [4.69, 9.17) is 19.4 Å². The number of hydrogen-bond donors (Lipinski definition) is 0. The summed E-state index contributed by atoms with van der Waals surface area (Å²) >= 11 is 0. The van der Waals surface area contributed by atoms with Crippen molar-refractivity contribution in [2.45, 2.75) is 0 Å². The second kappa shape index (κ2) is 15.6. The van der Waals surface area contributed by atoms with Gasteiger partial charge in [0.25, 0.3) is 0 Å².